The van der Waals surface area contributed by atoms with E-state index in [1.807, 2.05) is 13.0 Å². The van der Waals surface area contributed by atoms with Gasteiger partial charge in [0.1, 0.15) is 0 Å². The monoisotopic (exact) mass is 245 g/mol. The van der Waals surface area contributed by atoms with Gasteiger partial charge in [0.2, 0.25) is 0 Å². The van der Waals surface area contributed by atoms with Crippen LogP contribution in [0.2, 0.25) is 0 Å². The molecule has 17 heavy (non-hydrogen) atoms. The second-order valence-corrected chi connectivity index (χ2v) is 4.66. The summed E-state index contributed by atoms with van der Waals surface area (Å²) in [6, 6.07) is 10.5. The van der Waals surface area contributed by atoms with Gasteiger partial charge in [-0.2, -0.15) is 0 Å². The van der Waals surface area contributed by atoms with E-state index in [2.05, 4.69) is 43.1 Å². The number of halogens is 1. The van der Waals surface area contributed by atoms with E-state index in [0.717, 1.165) is 17.0 Å². The zero-order valence-corrected chi connectivity index (χ0v) is 11.2. The van der Waals surface area contributed by atoms with Crippen LogP contribution in [0.3, 0.4) is 0 Å². The lowest BCUT2D eigenvalue weighted by atomic mass is 10.0. The van der Waals surface area contributed by atoms with E-state index >= 15 is 0 Å². The van der Waals surface area contributed by atoms with Crippen LogP contribution in [0.15, 0.2) is 30.3 Å². The fraction of sp³-hybridized carbons (Fsp3) is 0.267. The quantitative estimate of drug-likeness (QED) is 0.714. The summed E-state index contributed by atoms with van der Waals surface area (Å²) in [6.07, 6.45) is 0. The van der Waals surface area contributed by atoms with Crippen LogP contribution in [0, 0.1) is 20.8 Å². The Balaban J connectivity index is 2.53. The first-order chi connectivity index (χ1) is 8.11. The van der Waals surface area contributed by atoms with E-state index in [9.17, 15) is 0 Å². The molecule has 0 bridgehead atoms. The minimum Gasteiger partial charge on any atom is -0.253 e. The van der Waals surface area contributed by atoms with Crippen LogP contribution in [0.25, 0.3) is 11.3 Å². The molecule has 0 spiro atoms. The molecular formula is C15H16ClN. The maximum atomic E-state index is 5.85. The van der Waals surface area contributed by atoms with Crippen LogP contribution in [0.4, 0.5) is 0 Å². The van der Waals surface area contributed by atoms with E-state index in [1.165, 1.54) is 16.7 Å². The van der Waals surface area contributed by atoms with Crippen LogP contribution in [0.5, 0.6) is 0 Å². The Labute approximate surface area is 107 Å². The van der Waals surface area contributed by atoms with Crippen molar-refractivity contribution in [2.24, 2.45) is 0 Å². The molecule has 2 rings (SSSR count). The number of hydrogen-bond acceptors (Lipinski definition) is 1. The molecule has 0 aliphatic carbocycles. The fourth-order valence-corrected chi connectivity index (χ4v) is 2.18. The topological polar surface area (TPSA) is 12.9 Å². The first kappa shape index (κ1) is 12.1. The van der Waals surface area contributed by atoms with Gasteiger partial charge < -0.3 is 0 Å². The Morgan fingerprint density at radius 1 is 1.06 bits per heavy atom. The van der Waals surface area contributed by atoms with Gasteiger partial charge in [0, 0.05) is 17.1 Å². The van der Waals surface area contributed by atoms with E-state index in [-0.39, 0.29) is 0 Å². The third-order valence-corrected chi connectivity index (χ3v) is 3.30. The van der Waals surface area contributed by atoms with Gasteiger partial charge >= 0.3 is 0 Å². The molecule has 2 aromatic rings. The van der Waals surface area contributed by atoms with Gasteiger partial charge in [0.15, 0.2) is 0 Å². The average Bonchev–Trinajstić information content (AvgIpc) is 2.32. The van der Waals surface area contributed by atoms with E-state index in [1.54, 1.807) is 0 Å². The highest BCUT2D eigenvalue weighted by Crippen LogP contribution is 2.24. The fourth-order valence-electron chi connectivity index (χ4n) is 1.89. The van der Waals surface area contributed by atoms with Gasteiger partial charge in [0.05, 0.1) is 5.69 Å². The highest BCUT2D eigenvalue weighted by molar-refractivity contribution is 6.17. The molecule has 0 radical (unpaired) electrons. The summed E-state index contributed by atoms with van der Waals surface area (Å²) in [5.41, 5.74) is 6.85. The predicted octanol–water partition coefficient (Wildman–Crippen LogP) is 4.41. The van der Waals surface area contributed by atoms with Crippen LogP contribution in [0.1, 0.15) is 22.4 Å². The third-order valence-electron chi connectivity index (χ3n) is 3.01. The normalized spacial score (nSPS) is 10.6. The molecule has 0 saturated heterocycles. The third kappa shape index (κ3) is 2.50. The molecular weight excluding hydrogens is 230 g/mol. The second kappa shape index (κ2) is 4.89. The zero-order chi connectivity index (χ0) is 12.4. The molecule has 0 aliphatic rings. The highest BCUT2D eigenvalue weighted by Gasteiger charge is 2.06. The number of aryl methyl sites for hydroxylation is 3. The van der Waals surface area contributed by atoms with Crippen LogP contribution in [-0.2, 0) is 5.88 Å². The minimum absolute atomic E-state index is 0.520. The van der Waals surface area contributed by atoms with Gasteiger partial charge in [-0.1, -0.05) is 23.8 Å². The molecule has 88 valence electrons. The van der Waals surface area contributed by atoms with E-state index in [4.69, 9.17) is 11.6 Å². The van der Waals surface area contributed by atoms with Crippen molar-refractivity contribution in [1.29, 1.82) is 0 Å². The van der Waals surface area contributed by atoms with Crippen LogP contribution in [-0.4, -0.2) is 4.98 Å². The van der Waals surface area contributed by atoms with Gasteiger partial charge in [-0.3, -0.25) is 4.98 Å². The lowest BCUT2D eigenvalue weighted by Gasteiger charge is -2.09. The number of hydrogen-bond donors (Lipinski definition) is 0. The molecule has 1 aromatic carbocycles. The molecule has 0 unspecified atom stereocenters. The van der Waals surface area contributed by atoms with Crippen molar-refractivity contribution in [2.75, 3.05) is 0 Å². The van der Waals surface area contributed by atoms with Gasteiger partial charge in [-0.15, -0.1) is 11.6 Å². The number of pyridine rings is 1. The summed E-state index contributed by atoms with van der Waals surface area (Å²) in [4.78, 5) is 4.63. The van der Waals surface area contributed by atoms with Crippen molar-refractivity contribution in [3.05, 3.63) is 52.7 Å². The Morgan fingerprint density at radius 3 is 2.47 bits per heavy atom. The molecule has 0 amide bonds. The Hall–Kier alpha value is -1.34. The van der Waals surface area contributed by atoms with E-state index < -0.39 is 0 Å². The highest BCUT2D eigenvalue weighted by atomic mass is 35.5. The van der Waals surface area contributed by atoms with Crippen molar-refractivity contribution >= 4 is 11.6 Å². The first-order valence-electron chi connectivity index (χ1n) is 5.72. The molecule has 1 aromatic heterocycles. The number of benzene rings is 1. The summed E-state index contributed by atoms with van der Waals surface area (Å²) < 4.78 is 0. The van der Waals surface area contributed by atoms with Crippen molar-refractivity contribution in [2.45, 2.75) is 26.7 Å². The molecule has 0 fully saturated rings. The summed E-state index contributed by atoms with van der Waals surface area (Å²) in [5, 5.41) is 0. The Bertz CT molecular complexity index is 547. The molecule has 1 nitrogen and oxygen atoms in total. The van der Waals surface area contributed by atoms with Crippen LogP contribution < -0.4 is 0 Å². The zero-order valence-electron chi connectivity index (χ0n) is 10.4. The molecule has 2 heteroatoms. The molecule has 0 N–H and O–H groups in total. The van der Waals surface area contributed by atoms with Crippen molar-refractivity contribution < 1.29 is 0 Å². The average molecular weight is 246 g/mol. The minimum atomic E-state index is 0.520. The summed E-state index contributed by atoms with van der Waals surface area (Å²) in [5.74, 6) is 0.520. The molecule has 1 heterocycles. The summed E-state index contributed by atoms with van der Waals surface area (Å²) >= 11 is 5.85. The maximum absolute atomic E-state index is 5.85. The SMILES string of the molecule is Cc1ccc(C)c(-c2ccc(CCl)c(C)n2)c1. The van der Waals surface area contributed by atoms with Crippen molar-refractivity contribution in [3.8, 4) is 11.3 Å². The predicted molar refractivity (Wildman–Crippen MR) is 73.4 cm³/mol. The number of nitrogens with zero attached hydrogens (tertiary/aromatic N) is 1. The van der Waals surface area contributed by atoms with Gasteiger partial charge in [-0.25, -0.2) is 0 Å². The Kier molecular flexibility index (Phi) is 3.49. The first-order valence-corrected chi connectivity index (χ1v) is 6.25. The summed E-state index contributed by atoms with van der Waals surface area (Å²) in [7, 11) is 0. The lowest BCUT2D eigenvalue weighted by Crippen LogP contribution is -1.94. The summed E-state index contributed by atoms with van der Waals surface area (Å²) in [6.45, 7) is 6.22. The molecule has 0 aliphatic heterocycles. The number of rotatable bonds is 2. The largest absolute Gasteiger partial charge is 0.253 e. The smallest absolute Gasteiger partial charge is 0.0708 e. The lowest BCUT2D eigenvalue weighted by molar-refractivity contribution is 1.14. The Morgan fingerprint density at radius 2 is 1.82 bits per heavy atom. The second-order valence-electron chi connectivity index (χ2n) is 4.39. The standard InChI is InChI=1S/C15H16ClN/c1-10-4-5-11(2)14(8-10)15-7-6-13(9-16)12(3)17-15/h4-8H,9H2,1-3H3. The van der Waals surface area contributed by atoms with Crippen LogP contribution >= 0.6 is 11.6 Å². The van der Waals surface area contributed by atoms with Crippen molar-refractivity contribution in [1.82, 2.24) is 4.98 Å². The van der Waals surface area contributed by atoms with Gasteiger partial charge in [0.25, 0.3) is 0 Å². The molecule has 0 atom stereocenters. The number of alkyl halides is 1. The van der Waals surface area contributed by atoms with Gasteiger partial charge in [-0.05, 0) is 44.0 Å². The van der Waals surface area contributed by atoms with E-state index in [0.29, 0.717) is 5.88 Å². The number of aromatic nitrogens is 1. The molecule has 0 saturated carbocycles. The van der Waals surface area contributed by atoms with Crippen molar-refractivity contribution in [3.63, 3.8) is 0 Å². The maximum Gasteiger partial charge on any atom is 0.0708 e.